The number of aliphatic hydroxyl groups excluding tert-OH is 1. The first-order chi connectivity index (χ1) is 8.97. The lowest BCUT2D eigenvalue weighted by Crippen LogP contribution is -2.40. The molecule has 0 aromatic heterocycles. The highest BCUT2D eigenvalue weighted by molar-refractivity contribution is 6.30. The van der Waals surface area contributed by atoms with Gasteiger partial charge in [0, 0.05) is 25.0 Å². The van der Waals surface area contributed by atoms with Gasteiger partial charge in [-0.15, -0.1) is 0 Å². The normalized spacial score (nSPS) is 18.6. The fraction of sp³-hybridized carbons (Fsp3) is 0.500. The number of hydrogen-bond acceptors (Lipinski definition) is 3. The molecule has 0 fully saturated rings. The molecular weight excluding hydrogens is 266 g/mol. The minimum absolute atomic E-state index is 0.0621. The Balaban J connectivity index is 1.96. The van der Waals surface area contributed by atoms with Crippen LogP contribution in [0.25, 0.3) is 0 Å². The monoisotopic (exact) mass is 283 g/mol. The van der Waals surface area contributed by atoms with E-state index in [1.54, 1.807) is 31.0 Å². The van der Waals surface area contributed by atoms with Gasteiger partial charge in [-0.25, -0.2) is 0 Å². The van der Waals surface area contributed by atoms with Gasteiger partial charge >= 0.3 is 0 Å². The van der Waals surface area contributed by atoms with Crippen molar-refractivity contribution < 1.29 is 14.6 Å². The maximum atomic E-state index is 12.2. The summed E-state index contributed by atoms with van der Waals surface area (Å²) in [6.45, 7) is 2.23. The number of aliphatic hydroxyl groups is 1. The van der Waals surface area contributed by atoms with Crippen molar-refractivity contribution in [3.05, 3.63) is 28.8 Å². The molecule has 0 spiro atoms. The molecule has 1 aliphatic rings. The van der Waals surface area contributed by atoms with Crippen LogP contribution >= 0.6 is 11.6 Å². The van der Waals surface area contributed by atoms with Crippen molar-refractivity contribution in [3.8, 4) is 5.75 Å². The lowest BCUT2D eigenvalue weighted by Gasteiger charge is -2.21. The lowest BCUT2D eigenvalue weighted by molar-refractivity contribution is -0.136. The third kappa shape index (κ3) is 3.39. The van der Waals surface area contributed by atoms with E-state index in [1.165, 1.54) is 0 Å². The summed E-state index contributed by atoms with van der Waals surface area (Å²) in [5.41, 5.74) is 0.967. The van der Waals surface area contributed by atoms with Crippen LogP contribution < -0.4 is 4.74 Å². The van der Waals surface area contributed by atoms with Crippen molar-refractivity contribution in [1.82, 2.24) is 4.90 Å². The second-order valence-electron chi connectivity index (χ2n) is 4.96. The molecule has 0 radical (unpaired) electrons. The summed E-state index contributed by atoms with van der Waals surface area (Å²) < 4.78 is 5.64. The molecule has 2 rings (SSSR count). The van der Waals surface area contributed by atoms with Gasteiger partial charge in [0.25, 0.3) is 5.91 Å². The van der Waals surface area contributed by atoms with Crippen LogP contribution in [0, 0.1) is 0 Å². The van der Waals surface area contributed by atoms with Gasteiger partial charge in [-0.2, -0.15) is 0 Å². The Morgan fingerprint density at radius 3 is 3.05 bits per heavy atom. The van der Waals surface area contributed by atoms with Crippen LogP contribution in [0.1, 0.15) is 18.9 Å². The van der Waals surface area contributed by atoms with Crippen LogP contribution in [0.4, 0.5) is 0 Å². The summed E-state index contributed by atoms with van der Waals surface area (Å²) in [6.07, 6.45) is 0.227. The van der Waals surface area contributed by atoms with E-state index in [4.69, 9.17) is 16.3 Å². The van der Waals surface area contributed by atoms with Crippen LogP contribution in [-0.4, -0.2) is 41.7 Å². The van der Waals surface area contributed by atoms with E-state index >= 15 is 0 Å². The Hall–Kier alpha value is -1.26. The topological polar surface area (TPSA) is 49.8 Å². The number of carbonyl (C=O) groups excluding carboxylic acids is 1. The van der Waals surface area contributed by atoms with Crippen molar-refractivity contribution in [3.63, 3.8) is 0 Å². The molecule has 104 valence electrons. The molecule has 2 unspecified atom stereocenters. The number of benzene rings is 1. The Labute approximate surface area is 117 Å². The number of rotatable bonds is 4. The third-order valence-electron chi connectivity index (χ3n) is 3.23. The Kier molecular flexibility index (Phi) is 4.32. The number of fused-ring (bicyclic) bond motifs is 1. The van der Waals surface area contributed by atoms with Gasteiger partial charge in [0.1, 0.15) is 5.75 Å². The lowest BCUT2D eigenvalue weighted by atomic mass is 10.1. The number of amides is 1. The highest BCUT2D eigenvalue weighted by Gasteiger charge is 2.31. The fourth-order valence-corrected chi connectivity index (χ4v) is 2.29. The maximum Gasteiger partial charge on any atom is 0.263 e. The summed E-state index contributed by atoms with van der Waals surface area (Å²) >= 11 is 5.92. The van der Waals surface area contributed by atoms with E-state index < -0.39 is 12.2 Å². The Bertz CT molecular complexity index is 476. The number of nitrogens with zero attached hydrogens (tertiary/aromatic N) is 1. The first kappa shape index (κ1) is 14.2. The highest BCUT2D eigenvalue weighted by atomic mass is 35.5. The highest BCUT2D eigenvalue weighted by Crippen LogP contribution is 2.31. The summed E-state index contributed by atoms with van der Waals surface area (Å²) in [5.74, 6) is 0.666. The summed E-state index contributed by atoms with van der Waals surface area (Å²) in [4.78, 5) is 13.8. The zero-order valence-electron chi connectivity index (χ0n) is 11.1. The Morgan fingerprint density at radius 2 is 2.37 bits per heavy atom. The molecule has 4 nitrogen and oxygen atoms in total. The molecule has 1 amide bonds. The van der Waals surface area contributed by atoms with Crippen molar-refractivity contribution in [2.24, 2.45) is 0 Å². The first-order valence-electron chi connectivity index (χ1n) is 6.35. The molecule has 1 aliphatic heterocycles. The van der Waals surface area contributed by atoms with Gasteiger partial charge in [0.2, 0.25) is 0 Å². The SMILES string of the molecule is CC(O)CCN(C)C(=O)C1Cc2cc(Cl)ccc2O1. The second-order valence-corrected chi connectivity index (χ2v) is 5.40. The second kappa shape index (κ2) is 5.80. The Morgan fingerprint density at radius 1 is 1.63 bits per heavy atom. The standard InChI is InChI=1S/C14H18ClNO3/c1-9(17)5-6-16(2)14(18)13-8-10-7-11(15)3-4-12(10)19-13/h3-4,7,9,13,17H,5-6,8H2,1-2H3. The van der Waals surface area contributed by atoms with Crippen LogP contribution in [-0.2, 0) is 11.2 Å². The van der Waals surface area contributed by atoms with Crippen molar-refractivity contribution in [1.29, 1.82) is 0 Å². The average Bonchev–Trinajstić information content (AvgIpc) is 2.77. The molecular formula is C14H18ClNO3. The molecule has 0 aliphatic carbocycles. The molecule has 5 heteroatoms. The van der Waals surface area contributed by atoms with Gasteiger partial charge in [-0.1, -0.05) is 11.6 Å². The predicted octanol–water partition coefficient (Wildman–Crippen LogP) is 1.87. The zero-order valence-corrected chi connectivity index (χ0v) is 11.9. The summed E-state index contributed by atoms with van der Waals surface area (Å²) in [6, 6.07) is 5.38. The van der Waals surface area contributed by atoms with Gasteiger partial charge in [0.15, 0.2) is 6.10 Å². The van der Waals surface area contributed by atoms with Gasteiger partial charge in [0.05, 0.1) is 6.10 Å². The first-order valence-corrected chi connectivity index (χ1v) is 6.73. The number of carbonyl (C=O) groups is 1. The van der Waals surface area contributed by atoms with E-state index in [-0.39, 0.29) is 5.91 Å². The quantitative estimate of drug-likeness (QED) is 0.918. The fourth-order valence-electron chi connectivity index (χ4n) is 2.09. The molecule has 0 bridgehead atoms. The van der Waals surface area contributed by atoms with Crippen LogP contribution in [0.2, 0.25) is 5.02 Å². The van der Waals surface area contributed by atoms with Crippen molar-refractivity contribution in [2.75, 3.05) is 13.6 Å². The smallest absolute Gasteiger partial charge is 0.263 e. The molecule has 0 saturated carbocycles. The zero-order chi connectivity index (χ0) is 14.0. The third-order valence-corrected chi connectivity index (χ3v) is 3.47. The van der Waals surface area contributed by atoms with Crippen molar-refractivity contribution >= 4 is 17.5 Å². The number of halogens is 1. The molecule has 1 N–H and O–H groups in total. The van der Waals surface area contributed by atoms with Crippen LogP contribution in [0.5, 0.6) is 5.75 Å². The van der Waals surface area contributed by atoms with E-state index in [2.05, 4.69) is 0 Å². The van der Waals surface area contributed by atoms with E-state index in [9.17, 15) is 9.90 Å². The van der Waals surface area contributed by atoms with Gasteiger partial charge in [-0.05, 0) is 37.1 Å². The van der Waals surface area contributed by atoms with Crippen LogP contribution in [0.3, 0.4) is 0 Å². The maximum absolute atomic E-state index is 12.2. The van der Waals surface area contributed by atoms with Gasteiger partial charge < -0.3 is 14.7 Å². The molecule has 1 heterocycles. The minimum Gasteiger partial charge on any atom is -0.480 e. The molecule has 2 atom stereocenters. The van der Waals surface area contributed by atoms with E-state index in [0.29, 0.717) is 24.4 Å². The molecule has 0 saturated heterocycles. The van der Waals surface area contributed by atoms with Crippen molar-refractivity contribution in [2.45, 2.75) is 32.0 Å². The number of hydrogen-bond donors (Lipinski definition) is 1. The van der Waals surface area contributed by atoms with E-state index in [0.717, 1.165) is 11.3 Å². The number of ether oxygens (including phenoxy) is 1. The summed E-state index contributed by atoms with van der Waals surface area (Å²) in [5, 5.41) is 9.89. The predicted molar refractivity (Wildman–Crippen MR) is 73.5 cm³/mol. The minimum atomic E-state index is -0.479. The van der Waals surface area contributed by atoms with Crippen LogP contribution in [0.15, 0.2) is 18.2 Å². The summed E-state index contributed by atoms with van der Waals surface area (Å²) in [7, 11) is 1.73. The van der Waals surface area contributed by atoms with E-state index in [1.807, 2.05) is 6.07 Å². The molecule has 1 aromatic rings. The average molecular weight is 284 g/mol. The largest absolute Gasteiger partial charge is 0.480 e. The molecule has 19 heavy (non-hydrogen) atoms. The number of likely N-dealkylation sites (N-methyl/N-ethyl adjacent to an activating group) is 1. The molecule has 1 aromatic carbocycles. The van der Waals surface area contributed by atoms with Gasteiger partial charge in [-0.3, -0.25) is 4.79 Å².